The van der Waals surface area contributed by atoms with Crippen molar-refractivity contribution < 1.29 is 9.18 Å². The molecule has 0 aliphatic carbocycles. The number of allylic oxidation sites excluding steroid dienone is 3. The zero-order valence-electron chi connectivity index (χ0n) is 22.4. The average Bonchev–Trinajstić information content (AvgIpc) is 3.28. The molecule has 3 aromatic rings. The lowest BCUT2D eigenvalue weighted by Gasteiger charge is -2.37. The number of urea groups is 1. The highest BCUT2D eigenvalue weighted by Gasteiger charge is 2.29. The van der Waals surface area contributed by atoms with E-state index in [-0.39, 0.29) is 17.9 Å². The minimum atomic E-state index is -0.189. The van der Waals surface area contributed by atoms with Crippen molar-refractivity contribution in [3.05, 3.63) is 65.3 Å². The van der Waals surface area contributed by atoms with Crippen LogP contribution in [-0.2, 0) is 6.54 Å². The van der Waals surface area contributed by atoms with Crippen molar-refractivity contribution in [1.82, 2.24) is 25.0 Å². The summed E-state index contributed by atoms with van der Waals surface area (Å²) in [7, 11) is 0. The van der Waals surface area contributed by atoms with E-state index in [4.69, 9.17) is 0 Å². The number of carbonyl (C=O) groups excluding carboxylic acids is 1. The van der Waals surface area contributed by atoms with Gasteiger partial charge in [-0.15, -0.1) is 0 Å². The molecule has 1 aromatic carbocycles. The van der Waals surface area contributed by atoms with Crippen LogP contribution in [0.4, 0.5) is 14.9 Å². The van der Waals surface area contributed by atoms with Crippen molar-refractivity contribution in [1.29, 1.82) is 0 Å². The first-order valence-electron chi connectivity index (χ1n) is 13.0. The molecule has 0 unspecified atom stereocenters. The Labute approximate surface area is 218 Å². The molecule has 2 N–H and O–H groups in total. The normalized spacial score (nSPS) is 15.3. The van der Waals surface area contributed by atoms with E-state index in [2.05, 4.69) is 45.3 Å². The number of aryl methyl sites for hydroxylation is 1. The van der Waals surface area contributed by atoms with Gasteiger partial charge in [-0.2, -0.15) is 5.10 Å². The number of rotatable bonds is 10. The van der Waals surface area contributed by atoms with Gasteiger partial charge in [0, 0.05) is 54.2 Å². The van der Waals surface area contributed by atoms with Gasteiger partial charge in [-0.1, -0.05) is 19.4 Å². The summed E-state index contributed by atoms with van der Waals surface area (Å²) in [6.45, 7) is 12.4. The molecule has 37 heavy (non-hydrogen) atoms. The second-order valence-electron chi connectivity index (χ2n) is 9.94. The van der Waals surface area contributed by atoms with Crippen molar-refractivity contribution >= 4 is 22.6 Å². The molecular formula is C29H37FN6O. The van der Waals surface area contributed by atoms with Crippen molar-refractivity contribution in [2.24, 2.45) is 0 Å². The van der Waals surface area contributed by atoms with E-state index in [1.165, 1.54) is 6.08 Å². The van der Waals surface area contributed by atoms with Gasteiger partial charge in [0.1, 0.15) is 11.5 Å². The summed E-state index contributed by atoms with van der Waals surface area (Å²) in [5, 5.41) is 11.7. The molecular weight excluding hydrogens is 467 g/mol. The van der Waals surface area contributed by atoms with Gasteiger partial charge in [0.25, 0.3) is 0 Å². The number of anilines is 1. The van der Waals surface area contributed by atoms with Crippen molar-refractivity contribution in [3.8, 4) is 11.3 Å². The largest absolute Gasteiger partial charge is 0.322 e. The highest BCUT2D eigenvalue weighted by Crippen LogP contribution is 2.33. The van der Waals surface area contributed by atoms with E-state index in [9.17, 15) is 9.18 Å². The molecule has 1 atom stereocenters. The minimum absolute atomic E-state index is 0.0510. The molecule has 0 bridgehead atoms. The lowest BCUT2D eigenvalue weighted by atomic mass is 10.0. The SMILES string of the molecule is C/C=C\C(F)=C(/C)CN(CCCC)C[C@@H](C)N1Cc2cc3c(-c4ccnc(C)c4)n[nH]c3cc2NC1=O. The van der Waals surface area contributed by atoms with Gasteiger partial charge in [0.15, 0.2) is 0 Å². The first-order valence-corrected chi connectivity index (χ1v) is 13.0. The summed E-state index contributed by atoms with van der Waals surface area (Å²) in [6, 6.07) is 7.88. The number of aromatic amines is 1. The lowest BCUT2D eigenvalue weighted by Crippen LogP contribution is -2.49. The van der Waals surface area contributed by atoms with Crippen LogP contribution in [0.2, 0.25) is 0 Å². The maximum Gasteiger partial charge on any atom is 0.322 e. The Morgan fingerprint density at radius 1 is 1.32 bits per heavy atom. The Hall–Kier alpha value is -3.52. The zero-order chi connectivity index (χ0) is 26.5. The number of nitrogens with zero attached hydrogens (tertiary/aromatic N) is 4. The number of unbranched alkanes of at least 4 members (excludes halogenated alkanes) is 1. The summed E-state index contributed by atoms with van der Waals surface area (Å²) >= 11 is 0. The number of hydrogen-bond acceptors (Lipinski definition) is 4. The monoisotopic (exact) mass is 504 g/mol. The maximum atomic E-state index is 14.4. The van der Waals surface area contributed by atoms with Gasteiger partial charge in [-0.05, 0) is 82.1 Å². The number of amides is 2. The number of aromatic nitrogens is 3. The smallest absolute Gasteiger partial charge is 0.316 e. The molecule has 8 heteroatoms. The summed E-state index contributed by atoms with van der Waals surface area (Å²) in [4.78, 5) is 21.5. The summed E-state index contributed by atoms with van der Waals surface area (Å²) in [5.41, 5.74) is 6.24. The average molecular weight is 505 g/mol. The molecule has 2 amide bonds. The molecule has 0 fully saturated rings. The molecule has 4 rings (SSSR count). The van der Waals surface area contributed by atoms with E-state index < -0.39 is 0 Å². The Morgan fingerprint density at radius 2 is 2.14 bits per heavy atom. The van der Waals surface area contributed by atoms with Gasteiger partial charge >= 0.3 is 6.03 Å². The van der Waals surface area contributed by atoms with Crippen LogP contribution in [0, 0.1) is 6.92 Å². The molecule has 7 nitrogen and oxygen atoms in total. The van der Waals surface area contributed by atoms with E-state index in [0.29, 0.717) is 25.2 Å². The first kappa shape index (κ1) is 26.5. The van der Waals surface area contributed by atoms with Gasteiger partial charge in [-0.25, -0.2) is 9.18 Å². The van der Waals surface area contributed by atoms with E-state index in [1.807, 2.05) is 43.9 Å². The van der Waals surface area contributed by atoms with Crippen LogP contribution < -0.4 is 5.32 Å². The Bertz CT molecular complexity index is 1330. The van der Waals surface area contributed by atoms with Gasteiger partial charge in [0.05, 0.1) is 5.52 Å². The predicted octanol–water partition coefficient (Wildman–Crippen LogP) is 6.59. The molecule has 3 heterocycles. The number of hydrogen-bond donors (Lipinski definition) is 2. The second kappa shape index (κ2) is 11.7. The predicted molar refractivity (Wildman–Crippen MR) is 148 cm³/mol. The number of halogens is 1. The third-order valence-corrected chi connectivity index (χ3v) is 6.86. The molecule has 1 aliphatic heterocycles. The van der Waals surface area contributed by atoms with Crippen LogP contribution in [0.1, 0.15) is 51.8 Å². The number of benzene rings is 1. The molecule has 0 spiro atoms. The number of H-pyrrole nitrogens is 1. The highest BCUT2D eigenvalue weighted by atomic mass is 19.1. The standard InChI is InChI=1S/C29H37FN6O/c1-6-8-12-35(16-19(3)25(30)9-7-2)17-21(5)36-18-23-14-24-27(15-26(23)32-29(36)37)33-34-28(24)22-10-11-31-20(4)13-22/h7,9-11,13-15,21H,6,8,12,16-18H2,1-5H3,(H,32,37)(H,33,34)/b9-7-,25-19-/t21-/m1/s1. The van der Waals surface area contributed by atoms with Crippen LogP contribution in [0.15, 0.2) is 54.0 Å². The summed E-state index contributed by atoms with van der Waals surface area (Å²) < 4.78 is 14.4. The third-order valence-electron chi connectivity index (χ3n) is 6.86. The van der Waals surface area contributed by atoms with Crippen molar-refractivity contribution in [3.63, 3.8) is 0 Å². The lowest BCUT2D eigenvalue weighted by molar-refractivity contribution is 0.156. The van der Waals surface area contributed by atoms with Crippen LogP contribution in [-0.4, -0.2) is 56.7 Å². The molecule has 1 aliphatic rings. The summed E-state index contributed by atoms with van der Waals surface area (Å²) in [5.74, 6) is -0.189. The van der Waals surface area contributed by atoms with Crippen molar-refractivity contribution in [2.75, 3.05) is 25.0 Å². The molecule has 196 valence electrons. The van der Waals surface area contributed by atoms with Crippen LogP contribution >= 0.6 is 0 Å². The fourth-order valence-corrected chi connectivity index (χ4v) is 4.86. The number of carbonyl (C=O) groups is 1. The maximum absolute atomic E-state index is 14.4. The minimum Gasteiger partial charge on any atom is -0.316 e. The molecule has 0 radical (unpaired) electrons. The fourth-order valence-electron chi connectivity index (χ4n) is 4.86. The molecule has 0 saturated heterocycles. The molecule has 0 saturated carbocycles. The van der Waals surface area contributed by atoms with Crippen LogP contribution in [0.3, 0.4) is 0 Å². The highest BCUT2D eigenvalue weighted by molar-refractivity contribution is 6.00. The fraction of sp³-hybridized carbons (Fsp3) is 0.414. The van der Waals surface area contributed by atoms with E-state index >= 15 is 0 Å². The topological polar surface area (TPSA) is 77.2 Å². The molecule has 2 aromatic heterocycles. The van der Waals surface area contributed by atoms with Gasteiger partial charge in [0.2, 0.25) is 0 Å². The Morgan fingerprint density at radius 3 is 2.86 bits per heavy atom. The first-order chi connectivity index (χ1) is 17.8. The number of fused-ring (bicyclic) bond motifs is 2. The van der Waals surface area contributed by atoms with Gasteiger partial charge in [-0.3, -0.25) is 15.0 Å². The number of nitrogens with one attached hydrogen (secondary N) is 2. The Balaban J connectivity index is 1.56. The number of pyridine rings is 1. The quantitative estimate of drug-likeness (QED) is 0.305. The van der Waals surface area contributed by atoms with Crippen LogP contribution in [0.25, 0.3) is 22.2 Å². The van der Waals surface area contributed by atoms with Crippen LogP contribution in [0.5, 0.6) is 0 Å². The Kier molecular flexibility index (Phi) is 8.38. The van der Waals surface area contributed by atoms with E-state index in [1.54, 1.807) is 12.3 Å². The zero-order valence-corrected chi connectivity index (χ0v) is 22.4. The van der Waals surface area contributed by atoms with Gasteiger partial charge < -0.3 is 10.2 Å². The van der Waals surface area contributed by atoms with E-state index in [0.717, 1.165) is 58.5 Å². The third kappa shape index (κ3) is 6.07. The van der Waals surface area contributed by atoms with Crippen molar-refractivity contribution in [2.45, 2.75) is 60.0 Å². The second-order valence-corrected chi connectivity index (χ2v) is 9.94. The summed E-state index contributed by atoms with van der Waals surface area (Å²) in [6.07, 6.45) is 7.09.